The SMILES string of the molecule is CONC(=O)CSc1ccc(SC)cc1. The molecule has 0 saturated heterocycles. The predicted molar refractivity (Wildman–Crippen MR) is 64.1 cm³/mol. The lowest BCUT2D eigenvalue weighted by Gasteiger charge is -2.02. The van der Waals surface area contributed by atoms with E-state index in [1.165, 1.54) is 23.8 Å². The van der Waals surface area contributed by atoms with Crippen LogP contribution in [0.5, 0.6) is 0 Å². The Labute approximate surface area is 97.9 Å². The van der Waals surface area contributed by atoms with Crippen LogP contribution in [0.15, 0.2) is 34.1 Å². The lowest BCUT2D eigenvalue weighted by Crippen LogP contribution is -2.23. The number of hydroxylamine groups is 1. The Morgan fingerprint density at radius 3 is 2.47 bits per heavy atom. The van der Waals surface area contributed by atoms with Gasteiger partial charge in [-0.1, -0.05) is 0 Å². The van der Waals surface area contributed by atoms with Crippen LogP contribution in [0.1, 0.15) is 0 Å². The zero-order chi connectivity index (χ0) is 11.1. The minimum absolute atomic E-state index is 0.128. The van der Waals surface area contributed by atoms with Gasteiger partial charge in [0.2, 0.25) is 0 Å². The number of amides is 1. The first-order chi connectivity index (χ1) is 7.26. The third kappa shape index (κ3) is 4.59. The molecule has 0 aromatic heterocycles. The maximum Gasteiger partial charge on any atom is 0.253 e. The highest BCUT2D eigenvalue weighted by atomic mass is 32.2. The first-order valence-electron chi connectivity index (χ1n) is 4.35. The normalized spacial score (nSPS) is 10.0. The van der Waals surface area contributed by atoms with E-state index < -0.39 is 0 Å². The summed E-state index contributed by atoms with van der Waals surface area (Å²) in [7, 11) is 1.43. The number of nitrogens with one attached hydrogen (secondary N) is 1. The van der Waals surface area contributed by atoms with Crippen LogP contribution in [0, 0.1) is 0 Å². The molecule has 0 spiro atoms. The smallest absolute Gasteiger partial charge is 0.253 e. The molecular formula is C10H13NO2S2. The van der Waals surface area contributed by atoms with Crippen molar-refractivity contribution in [1.29, 1.82) is 0 Å². The van der Waals surface area contributed by atoms with E-state index in [1.54, 1.807) is 11.8 Å². The van der Waals surface area contributed by atoms with E-state index in [0.29, 0.717) is 5.75 Å². The molecule has 0 radical (unpaired) electrons. The van der Waals surface area contributed by atoms with Crippen molar-refractivity contribution < 1.29 is 9.63 Å². The molecule has 0 atom stereocenters. The average molecular weight is 243 g/mol. The summed E-state index contributed by atoms with van der Waals surface area (Å²) in [5.41, 5.74) is 2.27. The molecule has 1 rings (SSSR count). The van der Waals surface area contributed by atoms with Crippen molar-refractivity contribution in [2.75, 3.05) is 19.1 Å². The molecule has 0 aliphatic rings. The summed E-state index contributed by atoms with van der Waals surface area (Å²) < 4.78 is 0. The molecule has 0 fully saturated rings. The molecule has 0 heterocycles. The van der Waals surface area contributed by atoms with Gasteiger partial charge < -0.3 is 0 Å². The molecular weight excluding hydrogens is 230 g/mol. The van der Waals surface area contributed by atoms with Crippen LogP contribution in [-0.4, -0.2) is 25.0 Å². The van der Waals surface area contributed by atoms with Crippen LogP contribution >= 0.6 is 23.5 Å². The Hall–Kier alpha value is -0.650. The molecule has 5 heteroatoms. The lowest BCUT2D eigenvalue weighted by atomic mass is 10.4. The molecule has 1 aromatic carbocycles. The fraction of sp³-hybridized carbons (Fsp3) is 0.300. The van der Waals surface area contributed by atoms with Gasteiger partial charge in [-0.25, -0.2) is 5.48 Å². The number of thioether (sulfide) groups is 2. The Morgan fingerprint density at radius 2 is 1.93 bits per heavy atom. The van der Waals surface area contributed by atoms with Crippen LogP contribution < -0.4 is 5.48 Å². The second-order valence-corrected chi connectivity index (χ2v) is 4.62. The van der Waals surface area contributed by atoms with E-state index in [9.17, 15) is 4.79 Å². The highest BCUT2D eigenvalue weighted by Crippen LogP contribution is 2.21. The van der Waals surface area contributed by atoms with Gasteiger partial charge in [0.1, 0.15) is 0 Å². The lowest BCUT2D eigenvalue weighted by molar-refractivity contribution is -0.128. The van der Waals surface area contributed by atoms with Gasteiger partial charge in [-0.05, 0) is 30.5 Å². The number of carbonyl (C=O) groups is 1. The molecule has 1 amide bonds. The van der Waals surface area contributed by atoms with Crippen LogP contribution in [0.3, 0.4) is 0 Å². The molecule has 1 N–H and O–H groups in total. The van der Waals surface area contributed by atoms with Crippen molar-refractivity contribution in [3.05, 3.63) is 24.3 Å². The van der Waals surface area contributed by atoms with Crippen LogP contribution in [0.25, 0.3) is 0 Å². The molecule has 1 aromatic rings. The number of benzene rings is 1. The van der Waals surface area contributed by atoms with Crippen LogP contribution in [0.2, 0.25) is 0 Å². The van der Waals surface area contributed by atoms with Crippen molar-refractivity contribution >= 4 is 29.4 Å². The quantitative estimate of drug-likeness (QED) is 0.635. The average Bonchev–Trinajstić information content (AvgIpc) is 2.27. The third-order valence-electron chi connectivity index (χ3n) is 1.65. The first-order valence-corrected chi connectivity index (χ1v) is 6.56. The molecule has 82 valence electrons. The zero-order valence-electron chi connectivity index (χ0n) is 8.65. The van der Waals surface area contributed by atoms with E-state index >= 15 is 0 Å². The highest BCUT2D eigenvalue weighted by Gasteiger charge is 2.01. The zero-order valence-corrected chi connectivity index (χ0v) is 10.3. The van der Waals surface area contributed by atoms with E-state index in [1.807, 2.05) is 30.5 Å². The van der Waals surface area contributed by atoms with Crippen molar-refractivity contribution in [3.8, 4) is 0 Å². The van der Waals surface area contributed by atoms with E-state index in [4.69, 9.17) is 0 Å². The van der Waals surface area contributed by atoms with Gasteiger partial charge in [-0.2, -0.15) is 0 Å². The molecule has 0 saturated carbocycles. The minimum atomic E-state index is -0.128. The highest BCUT2D eigenvalue weighted by molar-refractivity contribution is 8.00. The summed E-state index contributed by atoms with van der Waals surface area (Å²) in [6.07, 6.45) is 2.04. The minimum Gasteiger partial charge on any atom is -0.277 e. The molecule has 0 unspecified atom stereocenters. The maximum atomic E-state index is 11.1. The topological polar surface area (TPSA) is 38.3 Å². The van der Waals surface area contributed by atoms with Gasteiger partial charge in [0.15, 0.2) is 0 Å². The summed E-state index contributed by atoms with van der Waals surface area (Å²) in [5.74, 6) is 0.239. The van der Waals surface area contributed by atoms with Gasteiger partial charge in [-0.15, -0.1) is 23.5 Å². The Bertz CT molecular complexity index is 314. The number of hydrogen-bond donors (Lipinski definition) is 1. The Kier molecular flexibility index (Phi) is 5.60. The molecule has 3 nitrogen and oxygen atoms in total. The van der Waals surface area contributed by atoms with Crippen LogP contribution in [-0.2, 0) is 9.63 Å². The predicted octanol–water partition coefficient (Wildman–Crippen LogP) is 2.18. The van der Waals surface area contributed by atoms with E-state index in [2.05, 4.69) is 10.3 Å². The van der Waals surface area contributed by atoms with Gasteiger partial charge >= 0.3 is 0 Å². The fourth-order valence-electron chi connectivity index (χ4n) is 0.964. The van der Waals surface area contributed by atoms with Crippen molar-refractivity contribution in [1.82, 2.24) is 5.48 Å². The second kappa shape index (κ2) is 6.76. The Balaban J connectivity index is 2.40. The maximum absolute atomic E-state index is 11.1. The molecule has 0 aliphatic heterocycles. The monoisotopic (exact) mass is 243 g/mol. The molecule has 15 heavy (non-hydrogen) atoms. The molecule has 0 bridgehead atoms. The number of rotatable bonds is 5. The summed E-state index contributed by atoms with van der Waals surface area (Å²) in [6, 6.07) is 8.11. The van der Waals surface area contributed by atoms with Crippen molar-refractivity contribution in [2.24, 2.45) is 0 Å². The van der Waals surface area contributed by atoms with Gasteiger partial charge in [0, 0.05) is 9.79 Å². The standard InChI is InChI=1S/C10H13NO2S2/c1-13-11-10(12)7-15-9-5-3-8(14-2)4-6-9/h3-6H,7H2,1-2H3,(H,11,12). The van der Waals surface area contributed by atoms with Crippen molar-refractivity contribution in [2.45, 2.75) is 9.79 Å². The van der Waals surface area contributed by atoms with Gasteiger partial charge in [0.25, 0.3) is 5.91 Å². The second-order valence-electron chi connectivity index (χ2n) is 2.69. The Morgan fingerprint density at radius 1 is 1.33 bits per heavy atom. The third-order valence-corrected chi connectivity index (χ3v) is 3.40. The van der Waals surface area contributed by atoms with E-state index in [-0.39, 0.29) is 5.91 Å². The van der Waals surface area contributed by atoms with E-state index in [0.717, 1.165) is 4.90 Å². The fourth-order valence-corrected chi connectivity index (χ4v) is 2.06. The van der Waals surface area contributed by atoms with Crippen molar-refractivity contribution in [3.63, 3.8) is 0 Å². The van der Waals surface area contributed by atoms with Crippen LogP contribution in [0.4, 0.5) is 0 Å². The number of hydrogen-bond acceptors (Lipinski definition) is 4. The van der Waals surface area contributed by atoms with Gasteiger partial charge in [-0.3, -0.25) is 9.63 Å². The summed E-state index contributed by atoms with van der Waals surface area (Å²) >= 11 is 3.19. The largest absolute Gasteiger partial charge is 0.277 e. The first kappa shape index (κ1) is 12.4. The summed E-state index contributed by atoms with van der Waals surface area (Å²) in [6.45, 7) is 0. The summed E-state index contributed by atoms with van der Waals surface area (Å²) in [4.78, 5) is 17.9. The molecule has 0 aliphatic carbocycles. The summed E-state index contributed by atoms with van der Waals surface area (Å²) in [5, 5.41) is 0. The van der Waals surface area contributed by atoms with Gasteiger partial charge in [0.05, 0.1) is 12.9 Å². The number of carbonyl (C=O) groups excluding carboxylic acids is 1.